The van der Waals surface area contributed by atoms with Crippen LogP contribution in [0.15, 0.2) is 48.7 Å². The van der Waals surface area contributed by atoms with E-state index in [-0.39, 0.29) is 16.9 Å². The van der Waals surface area contributed by atoms with Crippen molar-refractivity contribution >= 4 is 17.3 Å². The number of rotatable bonds is 4. The van der Waals surface area contributed by atoms with Gasteiger partial charge >= 0.3 is 0 Å². The SMILES string of the molecule is Cc1ccccc1-n1ncc(C(=O)Nc2cc([N+](=O)[O-])ccc2F)c1C. The Hall–Kier alpha value is -3.55. The van der Waals surface area contributed by atoms with Crippen molar-refractivity contribution in [3.63, 3.8) is 0 Å². The second-order valence-electron chi connectivity index (χ2n) is 5.72. The lowest BCUT2D eigenvalue weighted by atomic mass is 10.2. The van der Waals surface area contributed by atoms with Gasteiger partial charge in [0.2, 0.25) is 0 Å². The molecule has 0 spiro atoms. The number of halogens is 1. The van der Waals surface area contributed by atoms with Crippen LogP contribution >= 0.6 is 0 Å². The van der Waals surface area contributed by atoms with Crippen LogP contribution in [0.25, 0.3) is 5.69 Å². The summed E-state index contributed by atoms with van der Waals surface area (Å²) in [4.78, 5) is 22.7. The molecule has 0 unspecified atom stereocenters. The Morgan fingerprint density at radius 2 is 1.96 bits per heavy atom. The first-order chi connectivity index (χ1) is 12.4. The number of aryl methyl sites for hydroxylation is 1. The number of aromatic nitrogens is 2. The molecule has 0 aliphatic carbocycles. The fourth-order valence-corrected chi connectivity index (χ4v) is 2.59. The third-order valence-corrected chi connectivity index (χ3v) is 4.01. The van der Waals surface area contributed by atoms with E-state index < -0.39 is 16.6 Å². The van der Waals surface area contributed by atoms with Crippen LogP contribution in [0.3, 0.4) is 0 Å². The van der Waals surface area contributed by atoms with Gasteiger partial charge in [0.25, 0.3) is 11.6 Å². The molecule has 26 heavy (non-hydrogen) atoms. The Balaban J connectivity index is 1.92. The molecule has 0 bridgehead atoms. The maximum Gasteiger partial charge on any atom is 0.271 e. The zero-order chi connectivity index (χ0) is 18.8. The first-order valence-electron chi connectivity index (χ1n) is 7.74. The third kappa shape index (κ3) is 3.16. The van der Waals surface area contributed by atoms with Crippen LogP contribution in [0.5, 0.6) is 0 Å². The number of nitro groups is 1. The molecule has 1 heterocycles. The molecule has 1 amide bonds. The maximum absolute atomic E-state index is 13.9. The summed E-state index contributed by atoms with van der Waals surface area (Å²) in [5.41, 5.74) is 2.06. The summed E-state index contributed by atoms with van der Waals surface area (Å²) < 4.78 is 15.5. The highest BCUT2D eigenvalue weighted by Gasteiger charge is 2.19. The minimum absolute atomic E-state index is 0.249. The minimum atomic E-state index is -0.757. The van der Waals surface area contributed by atoms with E-state index in [0.29, 0.717) is 5.69 Å². The van der Waals surface area contributed by atoms with Crippen LogP contribution < -0.4 is 5.32 Å². The number of nitrogens with zero attached hydrogens (tertiary/aromatic N) is 3. The summed E-state index contributed by atoms with van der Waals surface area (Å²) in [5.74, 6) is -1.35. The predicted molar refractivity (Wildman–Crippen MR) is 94.0 cm³/mol. The van der Waals surface area contributed by atoms with Gasteiger partial charge in [-0.3, -0.25) is 14.9 Å². The summed E-state index contributed by atoms with van der Waals surface area (Å²) in [7, 11) is 0. The molecule has 0 saturated carbocycles. The molecule has 0 fully saturated rings. The molecule has 0 radical (unpaired) electrons. The minimum Gasteiger partial charge on any atom is -0.319 e. The van der Waals surface area contributed by atoms with Gasteiger partial charge in [0.05, 0.1) is 33.8 Å². The van der Waals surface area contributed by atoms with Crippen molar-refractivity contribution in [1.29, 1.82) is 0 Å². The van der Waals surface area contributed by atoms with E-state index in [1.54, 1.807) is 11.6 Å². The number of nitro benzene ring substituents is 1. The van der Waals surface area contributed by atoms with E-state index in [4.69, 9.17) is 0 Å². The number of hydrogen-bond donors (Lipinski definition) is 1. The smallest absolute Gasteiger partial charge is 0.271 e. The fourth-order valence-electron chi connectivity index (χ4n) is 2.59. The molecule has 2 aromatic carbocycles. The molecular weight excluding hydrogens is 339 g/mol. The molecule has 0 aliphatic heterocycles. The molecule has 3 aromatic rings. The van der Waals surface area contributed by atoms with Crippen molar-refractivity contribution in [3.8, 4) is 5.69 Å². The van der Waals surface area contributed by atoms with E-state index in [0.717, 1.165) is 29.4 Å². The van der Waals surface area contributed by atoms with E-state index in [9.17, 15) is 19.3 Å². The molecule has 3 rings (SSSR count). The highest BCUT2D eigenvalue weighted by atomic mass is 19.1. The Morgan fingerprint density at radius 3 is 2.65 bits per heavy atom. The van der Waals surface area contributed by atoms with Crippen LogP contribution in [-0.2, 0) is 0 Å². The van der Waals surface area contributed by atoms with Gasteiger partial charge in [-0.25, -0.2) is 9.07 Å². The van der Waals surface area contributed by atoms with Gasteiger partial charge < -0.3 is 5.32 Å². The first kappa shape index (κ1) is 17.3. The molecule has 1 aromatic heterocycles. The van der Waals surface area contributed by atoms with Crippen molar-refractivity contribution in [2.24, 2.45) is 0 Å². The summed E-state index contributed by atoms with van der Waals surface area (Å²) in [6.07, 6.45) is 1.38. The number of carbonyl (C=O) groups excluding carboxylic acids is 1. The second-order valence-corrected chi connectivity index (χ2v) is 5.72. The van der Waals surface area contributed by atoms with Crippen molar-refractivity contribution in [1.82, 2.24) is 9.78 Å². The number of nitrogens with one attached hydrogen (secondary N) is 1. The van der Waals surface area contributed by atoms with Gasteiger partial charge in [-0.05, 0) is 31.5 Å². The van der Waals surface area contributed by atoms with Crippen molar-refractivity contribution in [2.75, 3.05) is 5.32 Å². The lowest BCUT2D eigenvalue weighted by molar-refractivity contribution is -0.384. The fraction of sp³-hybridized carbons (Fsp3) is 0.111. The first-order valence-corrected chi connectivity index (χ1v) is 7.74. The van der Waals surface area contributed by atoms with Gasteiger partial charge in [0.1, 0.15) is 5.82 Å². The van der Waals surface area contributed by atoms with Gasteiger partial charge in [0.15, 0.2) is 0 Å². The Morgan fingerprint density at radius 1 is 1.23 bits per heavy atom. The Bertz CT molecular complexity index is 1010. The molecule has 1 N–H and O–H groups in total. The molecular formula is C18H15FN4O3. The number of non-ortho nitro benzene ring substituents is 1. The van der Waals surface area contributed by atoms with Crippen LogP contribution in [-0.4, -0.2) is 20.6 Å². The van der Waals surface area contributed by atoms with E-state index in [1.165, 1.54) is 6.20 Å². The highest BCUT2D eigenvalue weighted by Crippen LogP contribution is 2.23. The highest BCUT2D eigenvalue weighted by molar-refractivity contribution is 6.05. The predicted octanol–water partition coefficient (Wildman–Crippen LogP) is 3.79. The average Bonchev–Trinajstić information content (AvgIpc) is 2.98. The van der Waals surface area contributed by atoms with Crippen LogP contribution in [0, 0.1) is 29.8 Å². The number of hydrogen-bond acceptors (Lipinski definition) is 4. The Kier molecular flexibility index (Phi) is 4.49. The van der Waals surface area contributed by atoms with Crippen molar-refractivity contribution < 1.29 is 14.1 Å². The van der Waals surface area contributed by atoms with Crippen molar-refractivity contribution in [3.05, 3.63) is 81.4 Å². The molecule has 0 aliphatic rings. The lowest BCUT2D eigenvalue weighted by Crippen LogP contribution is -2.14. The van der Waals surface area contributed by atoms with Gasteiger partial charge in [-0.2, -0.15) is 5.10 Å². The zero-order valence-electron chi connectivity index (χ0n) is 14.1. The molecule has 0 saturated heterocycles. The molecule has 8 heteroatoms. The number of anilines is 1. The summed E-state index contributed by atoms with van der Waals surface area (Å²) >= 11 is 0. The molecule has 132 valence electrons. The summed E-state index contributed by atoms with van der Waals surface area (Å²) in [5, 5.41) is 17.4. The lowest BCUT2D eigenvalue weighted by Gasteiger charge is -2.09. The molecule has 7 nitrogen and oxygen atoms in total. The Labute approximate surface area is 148 Å². The second kappa shape index (κ2) is 6.75. The summed E-state index contributed by atoms with van der Waals surface area (Å²) in [6.45, 7) is 3.65. The van der Waals surface area contributed by atoms with Crippen LogP contribution in [0.4, 0.5) is 15.8 Å². The number of benzene rings is 2. The number of amides is 1. The third-order valence-electron chi connectivity index (χ3n) is 4.01. The topological polar surface area (TPSA) is 90.1 Å². The standard InChI is InChI=1S/C18H15FN4O3/c1-11-5-3-4-6-17(11)22-12(2)14(10-20-22)18(24)21-16-9-13(23(25)26)7-8-15(16)19/h3-10H,1-2H3,(H,21,24). The van der Waals surface area contributed by atoms with E-state index >= 15 is 0 Å². The average molecular weight is 354 g/mol. The monoisotopic (exact) mass is 354 g/mol. The zero-order valence-corrected chi connectivity index (χ0v) is 14.1. The maximum atomic E-state index is 13.9. The summed E-state index contributed by atoms with van der Waals surface area (Å²) in [6, 6.07) is 10.5. The quantitative estimate of drug-likeness (QED) is 0.570. The van der Waals surface area contributed by atoms with Crippen molar-refractivity contribution in [2.45, 2.75) is 13.8 Å². The van der Waals surface area contributed by atoms with Crippen LogP contribution in [0.2, 0.25) is 0 Å². The van der Waals surface area contributed by atoms with Gasteiger partial charge in [-0.15, -0.1) is 0 Å². The van der Waals surface area contributed by atoms with E-state index in [1.807, 2.05) is 31.2 Å². The van der Waals surface area contributed by atoms with Crippen LogP contribution in [0.1, 0.15) is 21.6 Å². The van der Waals surface area contributed by atoms with Gasteiger partial charge in [0, 0.05) is 12.1 Å². The largest absolute Gasteiger partial charge is 0.319 e. The normalized spacial score (nSPS) is 10.6. The van der Waals surface area contributed by atoms with E-state index in [2.05, 4.69) is 10.4 Å². The molecule has 0 atom stereocenters. The number of carbonyl (C=O) groups is 1. The number of para-hydroxylation sites is 1. The van der Waals surface area contributed by atoms with Gasteiger partial charge in [-0.1, -0.05) is 18.2 Å².